The van der Waals surface area contributed by atoms with Crippen LogP contribution in [0.3, 0.4) is 0 Å². The molecule has 0 heterocycles. The van der Waals surface area contributed by atoms with Crippen molar-refractivity contribution < 1.29 is 9.13 Å². The van der Waals surface area contributed by atoms with E-state index in [0.29, 0.717) is 12.3 Å². The van der Waals surface area contributed by atoms with Gasteiger partial charge in [-0.25, -0.2) is 4.39 Å². The van der Waals surface area contributed by atoms with Crippen LogP contribution in [0, 0.1) is 12.7 Å². The molecule has 0 aromatic heterocycles. The van der Waals surface area contributed by atoms with E-state index in [0.717, 1.165) is 28.6 Å². The number of para-hydroxylation sites is 1. The van der Waals surface area contributed by atoms with Crippen molar-refractivity contribution in [2.45, 2.75) is 26.8 Å². The van der Waals surface area contributed by atoms with E-state index in [1.807, 2.05) is 31.2 Å². The standard InChI is InChI=1S/C17H19BrFNO/c1-3-9-20-11-13-5-4-6-15(19)17(13)21-16-8-7-12(2)10-14(16)18/h4-8,10,20H,3,9,11H2,1-2H3. The van der Waals surface area contributed by atoms with Crippen LogP contribution in [-0.4, -0.2) is 6.54 Å². The van der Waals surface area contributed by atoms with E-state index < -0.39 is 0 Å². The summed E-state index contributed by atoms with van der Waals surface area (Å²) in [5, 5.41) is 3.27. The molecule has 0 amide bonds. The fourth-order valence-corrected chi connectivity index (χ4v) is 2.58. The summed E-state index contributed by atoms with van der Waals surface area (Å²) < 4.78 is 20.7. The number of ether oxygens (including phenoxy) is 1. The highest BCUT2D eigenvalue weighted by molar-refractivity contribution is 9.10. The lowest BCUT2D eigenvalue weighted by Gasteiger charge is -2.14. The lowest BCUT2D eigenvalue weighted by molar-refractivity contribution is 0.431. The Morgan fingerprint density at radius 2 is 2.05 bits per heavy atom. The molecular weight excluding hydrogens is 333 g/mol. The van der Waals surface area contributed by atoms with Gasteiger partial charge in [0.15, 0.2) is 11.6 Å². The summed E-state index contributed by atoms with van der Waals surface area (Å²) >= 11 is 3.45. The molecule has 2 rings (SSSR count). The second-order valence-corrected chi connectivity index (χ2v) is 5.80. The zero-order chi connectivity index (χ0) is 15.2. The first kappa shape index (κ1) is 16.0. The minimum Gasteiger partial charge on any atom is -0.453 e. The number of halogens is 2. The maximum absolute atomic E-state index is 14.1. The van der Waals surface area contributed by atoms with Crippen molar-refractivity contribution >= 4 is 15.9 Å². The van der Waals surface area contributed by atoms with Crippen molar-refractivity contribution in [1.82, 2.24) is 5.32 Å². The zero-order valence-electron chi connectivity index (χ0n) is 12.2. The maximum Gasteiger partial charge on any atom is 0.167 e. The van der Waals surface area contributed by atoms with Crippen LogP contribution in [0.25, 0.3) is 0 Å². The molecule has 1 N–H and O–H groups in total. The van der Waals surface area contributed by atoms with E-state index in [1.165, 1.54) is 6.07 Å². The molecule has 112 valence electrons. The topological polar surface area (TPSA) is 21.3 Å². The summed E-state index contributed by atoms with van der Waals surface area (Å²) in [6.07, 6.45) is 1.04. The van der Waals surface area contributed by atoms with Gasteiger partial charge in [-0.1, -0.05) is 25.1 Å². The molecule has 0 aliphatic carbocycles. The summed E-state index contributed by atoms with van der Waals surface area (Å²) in [7, 11) is 0. The average Bonchev–Trinajstić information content (AvgIpc) is 2.45. The maximum atomic E-state index is 14.1. The van der Waals surface area contributed by atoms with Crippen LogP contribution in [0.1, 0.15) is 24.5 Å². The summed E-state index contributed by atoms with van der Waals surface area (Å²) in [5.41, 5.74) is 1.93. The van der Waals surface area contributed by atoms with Crippen molar-refractivity contribution in [1.29, 1.82) is 0 Å². The van der Waals surface area contributed by atoms with Crippen LogP contribution in [-0.2, 0) is 6.54 Å². The Balaban J connectivity index is 2.25. The van der Waals surface area contributed by atoms with Crippen molar-refractivity contribution in [2.24, 2.45) is 0 Å². The first-order valence-corrected chi connectivity index (χ1v) is 7.83. The molecule has 0 aliphatic heterocycles. The Labute approximate surface area is 133 Å². The highest BCUT2D eigenvalue weighted by atomic mass is 79.9. The van der Waals surface area contributed by atoms with Gasteiger partial charge in [-0.05, 0) is 59.6 Å². The molecule has 0 bridgehead atoms. The van der Waals surface area contributed by atoms with Gasteiger partial charge in [0, 0.05) is 12.1 Å². The minimum absolute atomic E-state index is 0.283. The predicted molar refractivity (Wildman–Crippen MR) is 87.4 cm³/mol. The van der Waals surface area contributed by atoms with Crippen molar-refractivity contribution in [3.63, 3.8) is 0 Å². The zero-order valence-corrected chi connectivity index (χ0v) is 13.8. The van der Waals surface area contributed by atoms with Crippen LogP contribution < -0.4 is 10.1 Å². The molecule has 21 heavy (non-hydrogen) atoms. The van der Waals surface area contributed by atoms with Gasteiger partial charge in [0.2, 0.25) is 0 Å². The molecule has 0 saturated carbocycles. The second kappa shape index (κ2) is 7.57. The molecule has 2 nitrogen and oxygen atoms in total. The first-order chi connectivity index (χ1) is 10.1. The largest absolute Gasteiger partial charge is 0.453 e. The summed E-state index contributed by atoms with van der Waals surface area (Å²) in [4.78, 5) is 0. The highest BCUT2D eigenvalue weighted by Crippen LogP contribution is 2.33. The lowest BCUT2D eigenvalue weighted by Crippen LogP contribution is -2.14. The number of nitrogens with one attached hydrogen (secondary N) is 1. The number of hydrogen-bond acceptors (Lipinski definition) is 2. The van der Waals surface area contributed by atoms with E-state index in [-0.39, 0.29) is 11.6 Å². The Morgan fingerprint density at radius 3 is 2.76 bits per heavy atom. The van der Waals surface area contributed by atoms with E-state index in [2.05, 4.69) is 28.2 Å². The molecule has 4 heteroatoms. The molecule has 0 spiro atoms. The van der Waals surface area contributed by atoms with Gasteiger partial charge in [0.25, 0.3) is 0 Å². The number of benzene rings is 2. The number of aryl methyl sites for hydroxylation is 1. The smallest absolute Gasteiger partial charge is 0.167 e. The third kappa shape index (κ3) is 4.29. The van der Waals surface area contributed by atoms with E-state index >= 15 is 0 Å². The van der Waals surface area contributed by atoms with Crippen molar-refractivity contribution in [3.8, 4) is 11.5 Å². The molecule has 0 aliphatic rings. The molecule has 0 fully saturated rings. The van der Waals surface area contributed by atoms with Crippen LogP contribution in [0.15, 0.2) is 40.9 Å². The van der Waals surface area contributed by atoms with Gasteiger partial charge >= 0.3 is 0 Å². The fourth-order valence-electron chi connectivity index (χ4n) is 2.01. The summed E-state index contributed by atoms with van der Waals surface area (Å²) in [6, 6.07) is 10.7. The monoisotopic (exact) mass is 351 g/mol. The van der Waals surface area contributed by atoms with E-state index in [4.69, 9.17) is 4.74 Å². The Kier molecular flexibility index (Phi) is 5.76. The molecule has 0 saturated heterocycles. The van der Waals surface area contributed by atoms with Crippen LogP contribution in [0.5, 0.6) is 11.5 Å². The van der Waals surface area contributed by atoms with Crippen LogP contribution >= 0.6 is 15.9 Å². The minimum atomic E-state index is -0.349. The number of hydrogen-bond donors (Lipinski definition) is 1. The molecule has 0 radical (unpaired) electrons. The van der Waals surface area contributed by atoms with Crippen molar-refractivity contribution in [2.75, 3.05) is 6.54 Å². The van der Waals surface area contributed by atoms with Gasteiger partial charge in [-0.2, -0.15) is 0 Å². The summed E-state index contributed by atoms with van der Waals surface area (Å²) in [6.45, 7) is 5.58. The Bertz CT molecular complexity index is 616. The average molecular weight is 352 g/mol. The third-order valence-electron chi connectivity index (χ3n) is 3.09. The molecular formula is C17H19BrFNO. The van der Waals surface area contributed by atoms with Crippen LogP contribution in [0.2, 0.25) is 0 Å². The first-order valence-electron chi connectivity index (χ1n) is 7.04. The fraction of sp³-hybridized carbons (Fsp3) is 0.294. The van der Waals surface area contributed by atoms with Crippen LogP contribution in [0.4, 0.5) is 4.39 Å². The quantitative estimate of drug-likeness (QED) is 0.723. The molecule has 2 aromatic carbocycles. The van der Waals surface area contributed by atoms with E-state index in [9.17, 15) is 4.39 Å². The van der Waals surface area contributed by atoms with E-state index in [1.54, 1.807) is 6.07 Å². The normalized spacial score (nSPS) is 10.7. The Morgan fingerprint density at radius 1 is 1.24 bits per heavy atom. The molecule has 2 aromatic rings. The van der Waals surface area contributed by atoms with Gasteiger partial charge in [-0.15, -0.1) is 0 Å². The lowest BCUT2D eigenvalue weighted by atomic mass is 10.2. The Hall–Kier alpha value is -1.39. The predicted octanol–water partition coefficient (Wildman–Crippen LogP) is 5.19. The number of rotatable bonds is 6. The summed E-state index contributed by atoms with van der Waals surface area (Å²) in [5.74, 6) is 0.548. The highest BCUT2D eigenvalue weighted by Gasteiger charge is 2.12. The van der Waals surface area contributed by atoms with Gasteiger partial charge in [0.05, 0.1) is 4.47 Å². The van der Waals surface area contributed by atoms with Gasteiger partial charge in [-0.3, -0.25) is 0 Å². The van der Waals surface area contributed by atoms with Crippen molar-refractivity contribution in [3.05, 3.63) is 57.8 Å². The second-order valence-electron chi connectivity index (χ2n) is 4.94. The SMILES string of the molecule is CCCNCc1cccc(F)c1Oc1ccc(C)cc1Br. The molecule has 0 atom stereocenters. The third-order valence-corrected chi connectivity index (χ3v) is 3.71. The molecule has 0 unspecified atom stereocenters. The van der Waals surface area contributed by atoms with Gasteiger partial charge < -0.3 is 10.1 Å². The van der Waals surface area contributed by atoms with Gasteiger partial charge in [0.1, 0.15) is 5.75 Å².